The Kier molecular flexibility index (Phi) is 5.71. The van der Waals surface area contributed by atoms with Gasteiger partial charge < -0.3 is 10.2 Å². The molecule has 0 spiro atoms. The summed E-state index contributed by atoms with van der Waals surface area (Å²) in [5.74, 6) is 0. The molecule has 3 rings (SSSR count). The van der Waals surface area contributed by atoms with Crippen molar-refractivity contribution in [2.45, 2.75) is 26.4 Å². The third-order valence-electron chi connectivity index (χ3n) is 5.03. The molecule has 1 aromatic heterocycles. The number of piperazine rings is 1. The first-order chi connectivity index (χ1) is 12.0. The van der Waals surface area contributed by atoms with Crippen molar-refractivity contribution in [3.8, 4) is 0 Å². The maximum atomic E-state index is 5.63. The van der Waals surface area contributed by atoms with Gasteiger partial charge >= 0.3 is 0 Å². The molecule has 6 heteroatoms. The second-order valence-corrected chi connectivity index (χ2v) is 7.11. The Morgan fingerprint density at radius 3 is 2.48 bits per heavy atom. The van der Waals surface area contributed by atoms with Gasteiger partial charge in [0.25, 0.3) is 0 Å². The zero-order valence-electron chi connectivity index (χ0n) is 15.3. The molecule has 0 aliphatic carbocycles. The van der Waals surface area contributed by atoms with Crippen LogP contribution in [0.1, 0.15) is 29.8 Å². The Morgan fingerprint density at radius 1 is 1.20 bits per heavy atom. The van der Waals surface area contributed by atoms with E-state index in [9.17, 15) is 0 Å². The fourth-order valence-electron chi connectivity index (χ4n) is 3.15. The Labute approximate surface area is 155 Å². The van der Waals surface area contributed by atoms with Crippen LogP contribution in [-0.2, 0) is 13.6 Å². The van der Waals surface area contributed by atoms with Gasteiger partial charge in [-0.2, -0.15) is 5.10 Å². The number of hydrogen-bond acceptors (Lipinski definition) is 3. The molecule has 2 heterocycles. The molecule has 134 valence electrons. The van der Waals surface area contributed by atoms with Gasteiger partial charge in [-0.1, -0.05) is 30.3 Å². The van der Waals surface area contributed by atoms with Crippen molar-refractivity contribution in [2.75, 3.05) is 26.2 Å². The number of thiocarbonyl (C=S) groups is 1. The molecule has 0 radical (unpaired) electrons. The minimum atomic E-state index is 0.227. The van der Waals surface area contributed by atoms with Crippen molar-refractivity contribution >= 4 is 17.3 Å². The van der Waals surface area contributed by atoms with Crippen molar-refractivity contribution in [3.63, 3.8) is 0 Å². The largest absolute Gasteiger partial charge is 0.356 e. The average Bonchev–Trinajstić information content (AvgIpc) is 2.95. The van der Waals surface area contributed by atoms with E-state index in [1.165, 1.54) is 16.8 Å². The first kappa shape index (κ1) is 17.9. The summed E-state index contributed by atoms with van der Waals surface area (Å²) in [4.78, 5) is 4.76. The molecule has 1 saturated heterocycles. The van der Waals surface area contributed by atoms with Crippen LogP contribution in [0, 0.1) is 6.92 Å². The molecule has 0 amide bonds. The predicted molar refractivity (Wildman–Crippen MR) is 105 cm³/mol. The van der Waals surface area contributed by atoms with Crippen LogP contribution in [0.2, 0.25) is 0 Å². The molecule has 1 aromatic carbocycles. The normalized spacial score (nSPS) is 16.7. The van der Waals surface area contributed by atoms with E-state index in [0.717, 1.165) is 37.8 Å². The molecular formula is C19H27N5S. The summed E-state index contributed by atoms with van der Waals surface area (Å²) in [6, 6.07) is 10.7. The highest BCUT2D eigenvalue weighted by Gasteiger charge is 2.21. The molecule has 1 fully saturated rings. The van der Waals surface area contributed by atoms with Gasteiger partial charge in [0.2, 0.25) is 0 Å². The lowest BCUT2D eigenvalue weighted by Crippen LogP contribution is -2.51. The average molecular weight is 358 g/mol. The Bertz CT molecular complexity index is 704. The molecule has 2 aromatic rings. The third kappa shape index (κ3) is 4.38. The number of benzene rings is 1. The van der Waals surface area contributed by atoms with Crippen LogP contribution in [0.5, 0.6) is 0 Å². The highest BCUT2D eigenvalue weighted by atomic mass is 32.1. The standard InChI is InChI=1S/C19H27N5S/c1-15(17-7-5-4-6-8-17)21-19(25)24-11-9-23(10-12-24)14-18-13-20-22(3)16(18)2/h4-8,13,15H,9-12,14H2,1-3H3,(H,21,25). The molecule has 1 N–H and O–H groups in total. The summed E-state index contributed by atoms with van der Waals surface area (Å²) >= 11 is 5.63. The first-order valence-corrected chi connectivity index (χ1v) is 9.25. The minimum absolute atomic E-state index is 0.227. The third-order valence-corrected chi connectivity index (χ3v) is 5.41. The highest BCUT2D eigenvalue weighted by molar-refractivity contribution is 7.80. The summed E-state index contributed by atoms with van der Waals surface area (Å²) in [5.41, 5.74) is 3.82. The summed E-state index contributed by atoms with van der Waals surface area (Å²) in [5, 5.41) is 8.66. The molecule has 0 saturated carbocycles. The number of rotatable bonds is 4. The van der Waals surface area contributed by atoms with Crippen molar-refractivity contribution in [2.24, 2.45) is 7.05 Å². The second kappa shape index (κ2) is 7.97. The SMILES string of the molecule is Cc1c(CN2CCN(C(=S)NC(C)c3ccccc3)CC2)cnn1C. The van der Waals surface area contributed by atoms with E-state index in [1.54, 1.807) is 0 Å². The summed E-state index contributed by atoms with van der Waals surface area (Å²) in [6.07, 6.45) is 1.98. The van der Waals surface area contributed by atoms with Crippen LogP contribution in [0.25, 0.3) is 0 Å². The number of hydrogen-bond donors (Lipinski definition) is 1. The smallest absolute Gasteiger partial charge is 0.169 e. The Hall–Kier alpha value is -1.92. The lowest BCUT2D eigenvalue weighted by molar-refractivity contribution is 0.173. The number of nitrogens with zero attached hydrogens (tertiary/aromatic N) is 4. The molecule has 1 aliphatic heterocycles. The quantitative estimate of drug-likeness (QED) is 0.851. The van der Waals surface area contributed by atoms with Gasteiger partial charge in [0.1, 0.15) is 0 Å². The van der Waals surface area contributed by atoms with E-state index in [1.807, 2.05) is 24.0 Å². The van der Waals surface area contributed by atoms with Crippen LogP contribution in [0.15, 0.2) is 36.5 Å². The number of aromatic nitrogens is 2. The summed E-state index contributed by atoms with van der Waals surface area (Å²) < 4.78 is 1.94. The predicted octanol–water partition coefficient (Wildman–Crippen LogP) is 2.48. The zero-order valence-corrected chi connectivity index (χ0v) is 16.1. The van der Waals surface area contributed by atoms with Gasteiger partial charge in [0, 0.05) is 51.0 Å². The summed E-state index contributed by atoms with van der Waals surface area (Å²) in [6.45, 7) is 9.23. The summed E-state index contributed by atoms with van der Waals surface area (Å²) in [7, 11) is 1.99. The molecule has 1 unspecified atom stereocenters. The maximum Gasteiger partial charge on any atom is 0.169 e. The molecule has 5 nitrogen and oxygen atoms in total. The van der Waals surface area contributed by atoms with Crippen LogP contribution in [-0.4, -0.2) is 50.9 Å². The second-order valence-electron chi connectivity index (χ2n) is 6.72. The molecule has 0 bridgehead atoms. The molecule has 1 atom stereocenters. The van der Waals surface area contributed by atoms with Gasteiger partial charge in [-0.3, -0.25) is 9.58 Å². The van der Waals surface area contributed by atoms with Crippen LogP contribution in [0.3, 0.4) is 0 Å². The van der Waals surface area contributed by atoms with Gasteiger partial charge in [0.05, 0.1) is 12.2 Å². The zero-order chi connectivity index (χ0) is 17.8. The van der Waals surface area contributed by atoms with Crippen LogP contribution in [0.4, 0.5) is 0 Å². The van der Waals surface area contributed by atoms with Crippen molar-refractivity contribution < 1.29 is 0 Å². The maximum absolute atomic E-state index is 5.63. The molecule has 1 aliphatic rings. The lowest BCUT2D eigenvalue weighted by Gasteiger charge is -2.37. The Balaban J connectivity index is 1.48. The lowest BCUT2D eigenvalue weighted by atomic mass is 10.1. The van der Waals surface area contributed by atoms with E-state index in [-0.39, 0.29) is 6.04 Å². The van der Waals surface area contributed by atoms with Crippen molar-refractivity contribution in [1.29, 1.82) is 0 Å². The van der Waals surface area contributed by atoms with Crippen LogP contribution >= 0.6 is 12.2 Å². The van der Waals surface area contributed by atoms with Gasteiger partial charge in [-0.25, -0.2) is 0 Å². The Morgan fingerprint density at radius 2 is 1.88 bits per heavy atom. The van der Waals surface area contributed by atoms with Gasteiger partial charge in [-0.05, 0) is 31.6 Å². The van der Waals surface area contributed by atoms with Gasteiger partial charge in [0.15, 0.2) is 5.11 Å². The van der Waals surface area contributed by atoms with E-state index in [4.69, 9.17) is 12.2 Å². The highest BCUT2D eigenvalue weighted by Crippen LogP contribution is 2.14. The monoisotopic (exact) mass is 357 g/mol. The van der Waals surface area contributed by atoms with Crippen LogP contribution < -0.4 is 5.32 Å². The van der Waals surface area contributed by atoms with Crippen molar-refractivity contribution in [3.05, 3.63) is 53.3 Å². The molecule has 25 heavy (non-hydrogen) atoms. The fraction of sp³-hybridized carbons (Fsp3) is 0.474. The van der Waals surface area contributed by atoms with E-state index in [2.05, 4.69) is 58.3 Å². The minimum Gasteiger partial charge on any atom is -0.356 e. The fourth-order valence-corrected chi connectivity index (χ4v) is 3.51. The molecular weight excluding hydrogens is 330 g/mol. The van der Waals surface area contributed by atoms with Gasteiger partial charge in [-0.15, -0.1) is 0 Å². The van der Waals surface area contributed by atoms with E-state index in [0.29, 0.717) is 0 Å². The first-order valence-electron chi connectivity index (χ1n) is 8.85. The number of aryl methyl sites for hydroxylation is 1. The van der Waals surface area contributed by atoms with E-state index >= 15 is 0 Å². The van der Waals surface area contributed by atoms with E-state index < -0.39 is 0 Å². The van der Waals surface area contributed by atoms with Crippen molar-refractivity contribution in [1.82, 2.24) is 24.9 Å². The number of nitrogens with one attached hydrogen (secondary N) is 1. The topological polar surface area (TPSA) is 36.3 Å².